The van der Waals surface area contributed by atoms with Crippen LogP contribution in [-0.4, -0.2) is 32.2 Å². The van der Waals surface area contributed by atoms with Gasteiger partial charge in [-0.2, -0.15) is 0 Å². The lowest BCUT2D eigenvalue weighted by molar-refractivity contribution is -0.385. The number of nitro groups is 1. The van der Waals surface area contributed by atoms with Gasteiger partial charge in [0.2, 0.25) is 0 Å². The smallest absolute Gasteiger partial charge is 0.347 e. The predicted octanol–water partition coefficient (Wildman–Crippen LogP) is 1.89. The van der Waals surface area contributed by atoms with E-state index in [4.69, 9.17) is 4.74 Å². The van der Waals surface area contributed by atoms with Crippen LogP contribution in [0.4, 0.5) is 5.69 Å². The van der Waals surface area contributed by atoms with Crippen LogP contribution in [0.1, 0.15) is 36.0 Å². The van der Waals surface area contributed by atoms with Crippen molar-refractivity contribution in [2.45, 2.75) is 25.7 Å². The van der Waals surface area contributed by atoms with Crippen LogP contribution in [0.15, 0.2) is 17.1 Å². The zero-order chi connectivity index (χ0) is 18.1. The Morgan fingerprint density at radius 3 is 2.88 bits per heavy atom. The number of aryl methyl sites for hydroxylation is 1. The predicted molar refractivity (Wildman–Crippen MR) is 87.5 cm³/mol. The molecule has 0 amide bonds. The highest BCUT2D eigenvalue weighted by Crippen LogP contribution is 2.33. The van der Waals surface area contributed by atoms with E-state index in [1.165, 1.54) is 19.9 Å². The van der Waals surface area contributed by atoms with E-state index in [0.29, 0.717) is 12.3 Å². The molecule has 0 unspecified atom stereocenters. The van der Waals surface area contributed by atoms with Crippen LogP contribution in [0.25, 0.3) is 11.0 Å². The van der Waals surface area contributed by atoms with E-state index in [9.17, 15) is 24.8 Å². The van der Waals surface area contributed by atoms with Gasteiger partial charge >= 0.3 is 5.97 Å². The minimum absolute atomic E-state index is 0.0402. The van der Waals surface area contributed by atoms with Crippen molar-refractivity contribution in [1.82, 2.24) is 9.55 Å². The Balaban J connectivity index is 1.94. The third kappa shape index (κ3) is 3.30. The van der Waals surface area contributed by atoms with E-state index in [2.05, 4.69) is 4.98 Å². The van der Waals surface area contributed by atoms with Gasteiger partial charge in [0.05, 0.1) is 16.9 Å². The highest BCUT2D eigenvalue weighted by molar-refractivity contribution is 5.99. The Kier molecular flexibility index (Phi) is 4.39. The van der Waals surface area contributed by atoms with Crippen molar-refractivity contribution in [3.63, 3.8) is 0 Å². The highest BCUT2D eigenvalue weighted by atomic mass is 16.6. The second-order valence-corrected chi connectivity index (χ2v) is 6.13. The molecule has 2 heterocycles. The number of aromatic nitrogens is 2. The Morgan fingerprint density at radius 1 is 1.52 bits per heavy atom. The molecule has 0 spiro atoms. The van der Waals surface area contributed by atoms with Gasteiger partial charge in [0, 0.05) is 13.1 Å². The molecule has 1 saturated carbocycles. The molecule has 1 aliphatic rings. The van der Waals surface area contributed by atoms with Gasteiger partial charge in [0.15, 0.2) is 5.56 Å². The minimum Gasteiger partial charge on any atom is -0.506 e. The number of fused-ring (bicyclic) bond motifs is 1. The second kappa shape index (κ2) is 6.50. The Labute approximate surface area is 142 Å². The molecule has 3 rings (SSSR count). The topological polar surface area (TPSA) is 125 Å². The number of rotatable bonds is 6. The van der Waals surface area contributed by atoms with Crippen molar-refractivity contribution >= 4 is 22.7 Å². The average molecular weight is 347 g/mol. The van der Waals surface area contributed by atoms with Crippen molar-refractivity contribution in [2.24, 2.45) is 13.0 Å². The summed E-state index contributed by atoms with van der Waals surface area (Å²) >= 11 is 0. The molecule has 25 heavy (non-hydrogen) atoms. The molecular formula is C16H17N3O6. The lowest BCUT2D eigenvalue weighted by Crippen LogP contribution is -2.26. The summed E-state index contributed by atoms with van der Waals surface area (Å²) in [6.45, 7) is 0.156. The molecule has 2 aromatic rings. The number of hydrogen-bond acceptors (Lipinski definition) is 7. The van der Waals surface area contributed by atoms with Crippen LogP contribution in [0.2, 0.25) is 0 Å². The summed E-state index contributed by atoms with van der Waals surface area (Å²) in [5.41, 5.74) is -1.62. The number of nitrogens with zero attached hydrogens (tertiary/aromatic N) is 3. The van der Waals surface area contributed by atoms with Crippen LogP contribution >= 0.6 is 0 Å². The van der Waals surface area contributed by atoms with Crippen molar-refractivity contribution < 1.29 is 19.6 Å². The van der Waals surface area contributed by atoms with E-state index in [1.54, 1.807) is 0 Å². The first-order valence-electron chi connectivity index (χ1n) is 7.93. The molecule has 1 aliphatic carbocycles. The van der Waals surface area contributed by atoms with E-state index in [1.807, 2.05) is 0 Å². The minimum atomic E-state index is -0.942. The van der Waals surface area contributed by atoms with Gasteiger partial charge in [0.25, 0.3) is 11.2 Å². The standard InChI is InChI=1S/C16H17N3O6/c1-18-14-11(7-10(8-17-14)19(23)24)13(20)12(15(18)21)16(22)25-6-2-3-9-4-5-9/h7-9,20H,2-6H2,1H3. The maximum Gasteiger partial charge on any atom is 0.347 e. The molecule has 9 heteroatoms. The fraction of sp³-hybridized carbons (Fsp3) is 0.438. The van der Waals surface area contributed by atoms with Crippen LogP contribution in [-0.2, 0) is 11.8 Å². The van der Waals surface area contributed by atoms with Gasteiger partial charge in [-0.05, 0) is 18.8 Å². The van der Waals surface area contributed by atoms with Crippen molar-refractivity contribution in [1.29, 1.82) is 0 Å². The zero-order valence-corrected chi connectivity index (χ0v) is 13.6. The van der Waals surface area contributed by atoms with Crippen LogP contribution in [0.3, 0.4) is 0 Å². The summed E-state index contributed by atoms with van der Waals surface area (Å²) < 4.78 is 6.14. The molecule has 1 N–H and O–H groups in total. The number of aromatic hydroxyl groups is 1. The maximum atomic E-state index is 12.3. The van der Waals surface area contributed by atoms with E-state index < -0.39 is 27.8 Å². The number of carbonyl (C=O) groups is 1. The molecular weight excluding hydrogens is 330 g/mol. The van der Waals surface area contributed by atoms with Gasteiger partial charge in [0.1, 0.15) is 17.6 Å². The Hall–Kier alpha value is -2.97. The lowest BCUT2D eigenvalue weighted by atomic mass is 10.1. The molecule has 0 bridgehead atoms. The first-order valence-corrected chi connectivity index (χ1v) is 7.93. The first-order chi connectivity index (χ1) is 11.9. The van der Waals surface area contributed by atoms with Crippen molar-refractivity contribution in [3.05, 3.63) is 38.3 Å². The van der Waals surface area contributed by atoms with Gasteiger partial charge in [-0.15, -0.1) is 0 Å². The zero-order valence-electron chi connectivity index (χ0n) is 13.6. The summed E-state index contributed by atoms with van der Waals surface area (Å²) in [5.74, 6) is -0.893. The third-order valence-corrected chi connectivity index (χ3v) is 4.28. The molecule has 9 nitrogen and oxygen atoms in total. The number of hydrogen-bond donors (Lipinski definition) is 1. The van der Waals surface area contributed by atoms with Crippen LogP contribution in [0.5, 0.6) is 5.75 Å². The number of pyridine rings is 2. The summed E-state index contributed by atoms with van der Waals surface area (Å²) in [6, 6.07) is 1.07. The first kappa shape index (κ1) is 16.9. The molecule has 0 saturated heterocycles. The summed E-state index contributed by atoms with van der Waals surface area (Å²) in [5, 5.41) is 21.1. The quantitative estimate of drug-likeness (QED) is 0.366. The highest BCUT2D eigenvalue weighted by Gasteiger charge is 2.25. The SMILES string of the molecule is Cn1c(=O)c(C(=O)OCCCC2CC2)c(O)c2cc([N+](=O)[O-])cnc21. The number of ether oxygens (including phenoxy) is 1. The van der Waals surface area contributed by atoms with Gasteiger partial charge in [-0.1, -0.05) is 12.8 Å². The molecule has 0 atom stereocenters. The Bertz CT molecular complexity index is 916. The number of carbonyl (C=O) groups excluding carboxylic acids is 1. The maximum absolute atomic E-state index is 12.3. The summed E-state index contributed by atoms with van der Waals surface area (Å²) in [6.07, 6.45) is 5.04. The second-order valence-electron chi connectivity index (χ2n) is 6.13. The van der Waals surface area contributed by atoms with Gasteiger partial charge in [-0.25, -0.2) is 9.78 Å². The summed E-state index contributed by atoms with van der Waals surface area (Å²) in [4.78, 5) is 38.6. The Morgan fingerprint density at radius 2 is 2.24 bits per heavy atom. The largest absolute Gasteiger partial charge is 0.506 e. The van der Waals surface area contributed by atoms with Crippen LogP contribution in [0, 0.1) is 16.0 Å². The van der Waals surface area contributed by atoms with Crippen molar-refractivity contribution in [3.8, 4) is 5.75 Å². The van der Waals surface area contributed by atoms with Crippen LogP contribution < -0.4 is 5.56 Å². The van der Waals surface area contributed by atoms with Gasteiger partial charge in [-0.3, -0.25) is 19.5 Å². The average Bonchev–Trinajstić information content (AvgIpc) is 3.40. The monoisotopic (exact) mass is 347 g/mol. The lowest BCUT2D eigenvalue weighted by Gasteiger charge is -2.10. The molecule has 0 aromatic carbocycles. The van der Waals surface area contributed by atoms with Gasteiger partial charge < -0.3 is 9.84 Å². The molecule has 1 fully saturated rings. The molecule has 132 valence electrons. The van der Waals surface area contributed by atoms with E-state index in [-0.39, 0.29) is 23.3 Å². The van der Waals surface area contributed by atoms with E-state index >= 15 is 0 Å². The van der Waals surface area contributed by atoms with E-state index in [0.717, 1.165) is 23.3 Å². The van der Waals surface area contributed by atoms with Crippen molar-refractivity contribution in [2.75, 3.05) is 6.61 Å². The fourth-order valence-corrected chi connectivity index (χ4v) is 2.69. The summed E-state index contributed by atoms with van der Waals surface area (Å²) in [7, 11) is 1.37. The fourth-order valence-electron chi connectivity index (χ4n) is 2.69. The number of esters is 1. The normalized spacial score (nSPS) is 13.8. The molecule has 0 radical (unpaired) electrons. The molecule has 0 aliphatic heterocycles. The third-order valence-electron chi connectivity index (χ3n) is 4.28. The molecule has 2 aromatic heterocycles.